The van der Waals surface area contributed by atoms with E-state index in [2.05, 4.69) is 20.8 Å². The maximum absolute atomic E-state index is 12.2. The molecular formula is C18H14ClN5O4S. The van der Waals surface area contributed by atoms with E-state index in [1.54, 1.807) is 30.3 Å². The summed E-state index contributed by atoms with van der Waals surface area (Å²) in [4.78, 5) is 34.7. The van der Waals surface area contributed by atoms with Gasteiger partial charge in [0.25, 0.3) is 5.69 Å². The number of anilines is 1. The van der Waals surface area contributed by atoms with Crippen molar-refractivity contribution in [1.82, 2.24) is 5.32 Å². The fourth-order valence-electron chi connectivity index (χ4n) is 2.39. The van der Waals surface area contributed by atoms with Crippen LogP contribution in [0, 0.1) is 10.1 Å². The van der Waals surface area contributed by atoms with E-state index in [0.29, 0.717) is 5.02 Å². The fourth-order valence-corrected chi connectivity index (χ4v) is 3.44. The number of amides is 2. The van der Waals surface area contributed by atoms with Gasteiger partial charge in [-0.1, -0.05) is 47.6 Å². The molecule has 0 aromatic heterocycles. The molecule has 0 saturated carbocycles. The molecule has 0 bridgehead atoms. The molecule has 2 amide bonds. The highest BCUT2D eigenvalue weighted by molar-refractivity contribution is 8.15. The third-order valence-corrected chi connectivity index (χ3v) is 5.07. The third-order valence-electron chi connectivity index (χ3n) is 3.75. The van der Waals surface area contributed by atoms with Gasteiger partial charge in [-0.15, -0.1) is 5.10 Å². The van der Waals surface area contributed by atoms with E-state index in [9.17, 15) is 19.7 Å². The molecular weight excluding hydrogens is 418 g/mol. The first-order valence-corrected chi connectivity index (χ1v) is 9.55. The van der Waals surface area contributed by atoms with E-state index >= 15 is 0 Å². The Labute approximate surface area is 174 Å². The summed E-state index contributed by atoms with van der Waals surface area (Å²) in [7, 11) is 0. The molecule has 1 saturated heterocycles. The lowest BCUT2D eigenvalue weighted by Crippen LogP contribution is -2.28. The summed E-state index contributed by atoms with van der Waals surface area (Å²) in [5.74, 6) is -0.897. The minimum absolute atomic E-state index is 0.0763. The van der Waals surface area contributed by atoms with Gasteiger partial charge in [-0.05, 0) is 23.8 Å². The maximum atomic E-state index is 12.2. The molecule has 3 rings (SSSR count). The number of rotatable bonds is 6. The number of hydrogen-bond acceptors (Lipinski definition) is 7. The Morgan fingerprint density at radius 1 is 1.28 bits per heavy atom. The standard InChI is InChI=1S/C18H14ClN5O4S/c19-12-7-5-11(6-8-12)10-20-23-18-22-17(26)15(29-18)9-16(25)21-13-3-1-2-4-14(13)24(27)28/h1-8,10,15H,9H2,(H,21,25)(H,22,23,26). The Bertz CT molecular complexity index is 1010. The van der Waals surface area contributed by atoms with Gasteiger partial charge in [0.2, 0.25) is 11.8 Å². The molecule has 11 heteroatoms. The highest BCUT2D eigenvalue weighted by atomic mass is 35.5. The van der Waals surface area contributed by atoms with Crippen LogP contribution in [0.1, 0.15) is 12.0 Å². The van der Waals surface area contributed by atoms with E-state index in [0.717, 1.165) is 17.3 Å². The maximum Gasteiger partial charge on any atom is 0.292 e. The molecule has 1 unspecified atom stereocenters. The number of halogens is 1. The molecule has 29 heavy (non-hydrogen) atoms. The highest BCUT2D eigenvalue weighted by Gasteiger charge is 2.32. The van der Waals surface area contributed by atoms with E-state index < -0.39 is 16.1 Å². The SMILES string of the molecule is O=C(CC1SC(=NN=Cc2ccc(Cl)cc2)NC1=O)Nc1ccccc1[N+](=O)[O-]. The van der Waals surface area contributed by atoms with Gasteiger partial charge in [0, 0.05) is 17.5 Å². The summed E-state index contributed by atoms with van der Waals surface area (Å²) >= 11 is 6.87. The largest absolute Gasteiger partial charge is 0.320 e. The number of carbonyl (C=O) groups is 2. The fraction of sp³-hybridized carbons (Fsp3) is 0.111. The van der Waals surface area contributed by atoms with Gasteiger partial charge in [-0.2, -0.15) is 5.10 Å². The summed E-state index contributed by atoms with van der Waals surface area (Å²) in [5.41, 5.74) is 0.643. The molecule has 1 aliphatic heterocycles. The monoisotopic (exact) mass is 431 g/mol. The van der Waals surface area contributed by atoms with Crippen LogP contribution >= 0.6 is 23.4 Å². The van der Waals surface area contributed by atoms with E-state index in [-0.39, 0.29) is 28.9 Å². The van der Waals surface area contributed by atoms with Crippen LogP contribution in [-0.2, 0) is 9.59 Å². The molecule has 2 aromatic rings. The van der Waals surface area contributed by atoms with E-state index in [1.807, 2.05) is 0 Å². The predicted octanol–water partition coefficient (Wildman–Crippen LogP) is 3.20. The molecule has 1 atom stereocenters. The van der Waals surface area contributed by atoms with Gasteiger partial charge in [0.15, 0.2) is 5.17 Å². The first kappa shape index (κ1) is 20.5. The first-order valence-electron chi connectivity index (χ1n) is 8.30. The van der Waals surface area contributed by atoms with Crippen molar-refractivity contribution in [2.45, 2.75) is 11.7 Å². The number of carbonyl (C=O) groups excluding carboxylic acids is 2. The summed E-state index contributed by atoms with van der Waals surface area (Å²) in [6.07, 6.45) is 1.34. The highest BCUT2D eigenvalue weighted by Crippen LogP contribution is 2.26. The number of thioether (sulfide) groups is 1. The molecule has 0 radical (unpaired) electrons. The molecule has 9 nitrogen and oxygen atoms in total. The Kier molecular flexibility index (Phi) is 6.57. The summed E-state index contributed by atoms with van der Waals surface area (Å²) in [6, 6.07) is 12.8. The van der Waals surface area contributed by atoms with Gasteiger partial charge < -0.3 is 10.6 Å². The van der Waals surface area contributed by atoms with Gasteiger partial charge in [0.05, 0.1) is 11.1 Å². The van der Waals surface area contributed by atoms with Gasteiger partial charge in [-0.25, -0.2) is 0 Å². The average molecular weight is 432 g/mol. The van der Waals surface area contributed by atoms with E-state index in [4.69, 9.17) is 11.6 Å². The van der Waals surface area contributed by atoms with Gasteiger partial charge in [-0.3, -0.25) is 19.7 Å². The predicted molar refractivity (Wildman–Crippen MR) is 112 cm³/mol. The Hall–Kier alpha value is -3.24. The van der Waals surface area contributed by atoms with E-state index in [1.165, 1.54) is 24.4 Å². The molecule has 2 N–H and O–H groups in total. The second kappa shape index (κ2) is 9.30. The second-order valence-electron chi connectivity index (χ2n) is 5.82. The van der Waals surface area contributed by atoms with Crippen LogP contribution < -0.4 is 10.6 Å². The lowest BCUT2D eigenvalue weighted by molar-refractivity contribution is -0.383. The zero-order valence-corrected chi connectivity index (χ0v) is 16.3. The molecule has 2 aromatic carbocycles. The van der Waals surface area contributed by atoms with Crippen LogP contribution in [0.25, 0.3) is 0 Å². The number of nitro groups is 1. The van der Waals surface area contributed by atoms with Crippen molar-refractivity contribution in [2.24, 2.45) is 10.2 Å². The molecule has 0 spiro atoms. The van der Waals surface area contributed by atoms with Crippen LogP contribution in [0.3, 0.4) is 0 Å². The van der Waals surface area contributed by atoms with Gasteiger partial charge in [0.1, 0.15) is 10.9 Å². The first-order chi connectivity index (χ1) is 13.9. The smallest absolute Gasteiger partial charge is 0.292 e. The number of amidine groups is 1. The Morgan fingerprint density at radius 2 is 2.00 bits per heavy atom. The number of nitrogens with one attached hydrogen (secondary N) is 2. The zero-order chi connectivity index (χ0) is 20.8. The molecule has 1 heterocycles. The number of nitro benzene ring substituents is 1. The third kappa shape index (κ3) is 5.62. The summed E-state index contributed by atoms with van der Waals surface area (Å²) < 4.78 is 0. The van der Waals surface area contributed by atoms with Crippen molar-refractivity contribution in [3.05, 3.63) is 69.2 Å². The molecule has 148 valence electrons. The number of para-hydroxylation sites is 2. The topological polar surface area (TPSA) is 126 Å². The normalized spacial score (nSPS) is 17.5. The zero-order valence-electron chi connectivity index (χ0n) is 14.7. The Morgan fingerprint density at radius 3 is 2.72 bits per heavy atom. The van der Waals surface area contributed by atoms with Crippen molar-refractivity contribution in [3.8, 4) is 0 Å². The van der Waals surface area contributed by atoms with Crippen molar-refractivity contribution >= 4 is 57.9 Å². The second-order valence-corrected chi connectivity index (χ2v) is 7.45. The lowest BCUT2D eigenvalue weighted by Gasteiger charge is -2.07. The van der Waals surface area contributed by atoms with Gasteiger partial charge >= 0.3 is 0 Å². The summed E-state index contributed by atoms with van der Waals surface area (Å²) in [6.45, 7) is 0. The summed E-state index contributed by atoms with van der Waals surface area (Å²) in [5, 5.41) is 24.0. The van der Waals surface area contributed by atoms with Crippen LogP contribution in [0.15, 0.2) is 58.7 Å². The average Bonchev–Trinajstić information content (AvgIpc) is 3.02. The number of benzene rings is 2. The van der Waals surface area contributed by atoms with Crippen LogP contribution in [-0.4, -0.2) is 33.4 Å². The minimum Gasteiger partial charge on any atom is -0.320 e. The molecule has 0 aliphatic carbocycles. The minimum atomic E-state index is -0.706. The van der Waals surface area contributed by atoms with Crippen LogP contribution in [0.5, 0.6) is 0 Å². The van der Waals surface area contributed by atoms with Crippen molar-refractivity contribution in [1.29, 1.82) is 0 Å². The molecule has 1 aliphatic rings. The lowest BCUT2D eigenvalue weighted by atomic mass is 10.2. The molecule has 1 fully saturated rings. The Balaban J connectivity index is 1.58. The van der Waals surface area contributed by atoms with Crippen molar-refractivity contribution < 1.29 is 14.5 Å². The van der Waals surface area contributed by atoms with Crippen LogP contribution in [0.2, 0.25) is 5.02 Å². The quantitative estimate of drug-likeness (QED) is 0.412. The number of hydrogen-bond donors (Lipinski definition) is 2. The van der Waals surface area contributed by atoms with Crippen LogP contribution in [0.4, 0.5) is 11.4 Å². The van der Waals surface area contributed by atoms with Crippen molar-refractivity contribution in [2.75, 3.05) is 5.32 Å². The number of nitrogens with zero attached hydrogens (tertiary/aromatic N) is 3. The van der Waals surface area contributed by atoms with Crippen molar-refractivity contribution in [3.63, 3.8) is 0 Å².